The number of ether oxygens (including phenoxy) is 2. The Bertz CT molecular complexity index is 336. The molecule has 0 bridgehead atoms. The molecule has 1 aromatic carbocycles. The molecule has 0 fully saturated rings. The van der Waals surface area contributed by atoms with E-state index < -0.39 is 0 Å². The second-order valence-electron chi connectivity index (χ2n) is 5.07. The third-order valence-corrected chi connectivity index (χ3v) is 3.83. The van der Waals surface area contributed by atoms with Gasteiger partial charge in [0.15, 0.2) is 0 Å². The molecular formula is C14H22O2. The van der Waals surface area contributed by atoms with Crippen LogP contribution in [0.2, 0.25) is 0 Å². The maximum Gasteiger partial charge on any atom is 0.118 e. The number of benzene rings is 1. The number of methoxy groups -OCH3 is 2. The van der Waals surface area contributed by atoms with E-state index in [0.717, 1.165) is 5.75 Å². The van der Waals surface area contributed by atoms with Crippen molar-refractivity contribution in [2.45, 2.75) is 38.7 Å². The van der Waals surface area contributed by atoms with E-state index >= 15 is 0 Å². The van der Waals surface area contributed by atoms with Crippen LogP contribution < -0.4 is 4.74 Å². The first-order chi connectivity index (χ1) is 7.35. The predicted molar refractivity (Wildman–Crippen MR) is 67.1 cm³/mol. The Kier molecular flexibility index (Phi) is 3.64. The second-order valence-corrected chi connectivity index (χ2v) is 5.07. The molecule has 0 spiro atoms. The molecule has 0 aliphatic carbocycles. The summed E-state index contributed by atoms with van der Waals surface area (Å²) in [6.45, 7) is 8.60. The SMILES string of the molecule is COc1ccc(C(C)(C)C(C)(C)OC)cc1. The average molecular weight is 222 g/mol. The lowest BCUT2D eigenvalue weighted by atomic mass is 9.72. The Morgan fingerprint density at radius 1 is 0.875 bits per heavy atom. The first-order valence-corrected chi connectivity index (χ1v) is 5.55. The van der Waals surface area contributed by atoms with E-state index in [1.54, 1.807) is 14.2 Å². The van der Waals surface area contributed by atoms with Crippen molar-refractivity contribution >= 4 is 0 Å². The largest absolute Gasteiger partial charge is 0.497 e. The van der Waals surface area contributed by atoms with Gasteiger partial charge in [-0.15, -0.1) is 0 Å². The summed E-state index contributed by atoms with van der Waals surface area (Å²) in [6, 6.07) is 8.17. The molecule has 16 heavy (non-hydrogen) atoms. The van der Waals surface area contributed by atoms with Crippen LogP contribution in [0.5, 0.6) is 5.75 Å². The molecule has 0 radical (unpaired) electrons. The highest BCUT2D eigenvalue weighted by molar-refractivity contribution is 5.33. The predicted octanol–water partition coefficient (Wildman–Crippen LogP) is 3.40. The Morgan fingerprint density at radius 3 is 1.75 bits per heavy atom. The molecule has 0 unspecified atom stereocenters. The molecule has 1 aromatic rings. The molecule has 2 nitrogen and oxygen atoms in total. The van der Waals surface area contributed by atoms with Gasteiger partial charge in [-0.3, -0.25) is 0 Å². The van der Waals surface area contributed by atoms with Gasteiger partial charge in [-0.25, -0.2) is 0 Å². The van der Waals surface area contributed by atoms with Crippen molar-refractivity contribution in [2.75, 3.05) is 14.2 Å². The highest BCUT2D eigenvalue weighted by atomic mass is 16.5. The normalized spacial score (nSPS) is 12.6. The van der Waals surface area contributed by atoms with E-state index in [0.29, 0.717) is 0 Å². The van der Waals surface area contributed by atoms with Gasteiger partial charge in [-0.1, -0.05) is 26.0 Å². The van der Waals surface area contributed by atoms with Crippen molar-refractivity contribution in [1.82, 2.24) is 0 Å². The third kappa shape index (κ3) is 2.22. The maximum atomic E-state index is 5.58. The lowest BCUT2D eigenvalue weighted by Gasteiger charge is -2.41. The standard InChI is InChI=1S/C14H22O2/c1-13(2,14(3,4)16-6)11-7-9-12(15-5)10-8-11/h7-10H,1-6H3. The van der Waals surface area contributed by atoms with Gasteiger partial charge < -0.3 is 9.47 Å². The molecule has 0 aromatic heterocycles. The summed E-state index contributed by atoms with van der Waals surface area (Å²) in [5, 5.41) is 0. The lowest BCUT2D eigenvalue weighted by molar-refractivity contribution is -0.0342. The molecule has 0 saturated carbocycles. The van der Waals surface area contributed by atoms with Crippen LogP contribution in [0.15, 0.2) is 24.3 Å². The summed E-state index contributed by atoms with van der Waals surface area (Å²) in [4.78, 5) is 0. The van der Waals surface area contributed by atoms with Crippen molar-refractivity contribution in [2.24, 2.45) is 0 Å². The van der Waals surface area contributed by atoms with Crippen LogP contribution in [0, 0.1) is 0 Å². The molecule has 1 rings (SSSR count). The molecule has 90 valence electrons. The Labute approximate surface area is 98.6 Å². The summed E-state index contributed by atoms with van der Waals surface area (Å²) in [5.74, 6) is 0.884. The van der Waals surface area contributed by atoms with Crippen LogP contribution in [0.1, 0.15) is 33.3 Å². The highest BCUT2D eigenvalue weighted by Crippen LogP contribution is 2.37. The second kappa shape index (κ2) is 4.46. The molecule has 0 heterocycles. The lowest BCUT2D eigenvalue weighted by Crippen LogP contribution is -2.44. The zero-order chi connectivity index (χ0) is 12.4. The zero-order valence-electron chi connectivity index (χ0n) is 11.1. The minimum absolute atomic E-state index is 0.0476. The first-order valence-electron chi connectivity index (χ1n) is 5.55. The van der Waals surface area contributed by atoms with Crippen LogP contribution >= 0.6 is 0 Å². The summed E-state index contributed by atoms with van der Waals surface area (Å²) < 4.78 is 10.7. The fraction of sp³-hybridized carbons (Fsp3) is 0.571. The van der Waals surface area contributed by atoms with Crippen molar-refractivity contribution in [3.63, 3.8) is 0 Å². The summed E-state index contributed by atoms with van der Waals surface area (Å²) in [6.07, 6.45) is 0. The Balaban J connectivity index is 3.07. The van der Waals surface area contributed by atoms with Gasteiger partial charge in [0.05, 0.1) is 12.7 Å². The summed E-state index contributed by atoms with van der Waals surface area (Å²) >= 11 is 0. The van der Waals surface area contributed by atoms with Crippen LogP contribution in [0.3, 0.4) is 0 Å². The topological polar surface area (TPSA) is 18.5 Å². The fourth-order valence-electron chi connectivity index (χ4n) is 1.61. The molecule has 0 N–H and O–H groups in total. The van der Waals surface area contributed by atoms with Gasteiger partial charge in [0.1, 0.15) is 5.75 Å². The smallest absolute Gasteiger partial charge is 0.118 e. The van der Waals surface area contributed by atoms with Gasteiger partial charge in [-0.05, 0) is 31.5 Å². The first kappa shape index (κ1) is 13.0. The summed E-state index contributed by atoms with van der Waals surface area (Å²) in [5.41, 5.74) is 0.996. The van der Waals surface area contributed by atoms with Gasteiger partial charge in [0, 0.05) is 12.5 Å². The quantitative estimate of drug-likeness (QED) is 0.777. The molecular weight excluding hydrogens is 200 g/mol. The van der Waals surface area contributed by atoms with E-state index in [1.165, 1.54) is 5.56 Å². The highest BCUT2D eigenvalue weighted by Gasteiger charge is 2.38. The van der Waals surface area contributed by atoms with Crippen molar-refractivity contribution in [3.8, 4) is 5.75 Å². The zero-order valence-corrected chi connectivity index (χ0v) is 11.1. The Hall–Kier alpha value is -1.02. The molecule has 0 aliphatic heterocycles. The minimum Gasteiger partial charge on any atom is -0.497 e. The molecule has 2 heteroatoms. The van der Waals surface area contributed by atoms with Crippen molar-refractivity contribution in [1.29, 1.82) is 0 Å². The van der Waals surface area contributed by atoms with Crippen LogP contribution in [0.25, 0.3) is 0 Å². The monoisotopic (exact) mass is 222 g/mol. The van der Waals surface area contributed by atoms with Crippen molar-refractivity contribution in [3.05, 3.63) is 29.8 Å². The van der Waals surface area contributed by atoms with E-state index in [-0.39, 0.29) is 11.0 Å². The number of hydrogen-bond acceptors (Lipinski definition) is 2. The number of hydrogen-bond donors (Lipinski definition) is 0. The van der Waals surface area contributed by atoms with Crippen LogP contribution in [0.4, 0.5) is 0 Å². The molecule has 0 saturated heterocycles. The van der Waals surface area contributed by atoms with Crippen LogP contribution in [-0.4, -0.2) is 19.8 Å². The van der Waals surface area contributed by atoms with E-state index in [2.05, 4.69) is 39.8 Å². The Morgan fingerprint density at radius 2 is 1.38 bits per heavy atom. The minimum atomic E-state index is -0.207. The summed E-state index contributed by atoms with van der Waals surface area (Å²) in [7, 11) is 3.44. The van der Waals surface area contributed by atoms with Gasteiger partial charge >= 0.3 is 0 Å². The van der Waals surface area contributed by atoms with Gasteiger partial charge in [0.25, 0.3) is 0 Å². The van der Waals surface area contributed by atoms with E-state index in [9.17, 15) is 0 Å². The fourth-order valence-corrected chi connectivity index (χ4v) is 1.61. The van der Waals surface area contributed by atoms with Crippen LogP contribution in [-0.2, 0) is 10.2 Å². The van der Waals surface area contributed by atoms with Crippen molar-refractivity contribution < 1.29 is 9.47 Å². The average Bonchev–Trinajstić information content (AvgIpc) is 2.29. The van der Waals surface area contributed by atoms with Gasteiger partial charge in [-0.2, -0.15) is 0 Å². The van der Waals surface area contributed by atoms with E-state index in [1.807, 2.05) is 12.1 Å². The maximum absolute atomic E-state index is 5.58. The third-order valence-electron chi connectivity index (χ3n) is 3.83. The van der Waals surface area contributed by atoms with E-state index in [4.69, 9.17) is 9.47 Å². The molecule has 0 atom stereocenters. The van der Waals surface area contributed by atoms with Gasteiger partial charge in [0.2, 0.25) is 0 Å². The molecule has 0 amide bonds. The number of rotatable bonds is 4. The molecule has 0 aliphatic rings.